The zero-order chi connectivity index (χ0) is 19.8. The molecule has 6 heteroatoms. The van der Waals surface area contributed by atoms with E-state index in [9.17, 15) is 4.79 Å². The predicted octanol–water partition coefficient (Wildman–Crippen LogP) is 4.69. The molecule has 0 saturated carbocycles. The SMILES string of the molecule is COc1cc(/C=N\NC(=O)c2ccccc2Cl)ccc1OCc1ccccc1. The quantitative estimate of drug-likeness (QED) is 0.467. The molecule has 0 aliphatic rings. The molecule has 0 atom stereocenters. The summed E-state index contributed by atoms with van der Waals surface area (Å²) in [5.41, 5.74) is 4.65. The van der Waals surface area contributed by atoms with Crippen LogP contribution in [0.4, 0.5) is 0 Å². The highest BCUT2D eigenvalue weighted by molar-refractivity contribution is 6.33. The zero-order valence-corrected chi connectivity index (χ0v) is 16.0. The number of methoxy groups -OCH3 is 1. The van der Waals surface area contributed by atoms with E-state index in [2.05, 4.69) is 10.5 Å². The smallest absolute Gasteiger partial charge is 0.272 e. The second kappa shape index (κ2) is 9.58. The first-order valence-corrected chi connectivity index (χ1v) is 8.98. The molecule has 3 aromatic rings. The molecule has 3 rings (SSSR count). The number of benzene rings is 3. The van der Waals surface area contributed by atoms with Gasteiger partial charge in [-0.1, -0.05) is 54.1 Å². The average molecular weight is 395 g/mol. The molecule has 0 radical (unpaired) electrons. The van der Waals surface area contributed by atoms with Gasteiger partial charge < -0.3 is 9.47 Å². The first-order chi connectivity index (χ1) is 13.7. The molecule has 0 aromatic heterocycles. The van der Waals surface area contributed by atoms with E-state index in [-0.39, 0.29) is 5.91 Å². The van der Waals surface area contributed by atoms with Gasteiger partial charge in [0.25, 0.3) is 5.91 Å². The van der Waals surface area contributed by atoms with Crippen LogP contribution in [0.15, 0.2) is 77.9 Å². The Labute approximate surface area is 168 Å². The van der Waals surface area contributed by atoms with Crippen LogP contribution in [-0.4, -0.2) is 19.2 Å². The highest BCUT2D eigenvalue weighted by atomic mass is 35.5. The largest absolute Gasteiger partial charge is 0.493 e. The van der Waals surface area contributed by atoms with Gasteiger partial charge in [-0.3, -0.25) is 4.79 Å². The normalized spacial score (nSPS) is 10.6. The molecule has 0 aliphatic carbocycles. The van der Waals surface area contributed by atoms with E-state index in [1.165, 1.54) is 6.21 Å². The number of hydrogen-bond donors (Lipinski definition) is 1. The van der Waals surface area contributed by atoms with Gasteiger partial charge in [0.2, 0.25) is 0 Å². The van der Waals surface area contributed by atoms with E-state index in [1.807, 2.05) is 36.4 Å². The van der Waals surface area contributed by atoms with Crippen molar-refractivity contribution in [3.8, 4) is 11.5 Å². The standard InChI is InChI=1S/C22H19ClN2O3/c1-27-21-13-17(11-12-20(21)28-15-16-7-3-2-4-8-16)14-24-25-22(26)18-9-5-6-10-19(18)23/h2-14H,15H2,1H3,(H,25,26)/b24-14-. The van der Waals surface area contributed by atoms with Gasteiger partial charge in [-0.05, 0) is 41.5 Å². The summed E-state index contributed by atoms with van der Waals surface area (Å²) in [4.78, 5) is 12.1. The van der Waals surface area contributed by atoms with Gasteiger partial charge in [-0.25, -0.2) is 5.43 Å². The van der Waals surface area contributed by atoms with Crippen LogP contribution < -0.4 is 14.9 Å². The molecule has 1 N–H and O–H groups in total. The van der Waals surface area contributed by atoms with Crippen molar-refractivity contribution < 1.29 is 14.3 Å². The van der Waals surface area contributed by atoms with Gasteiger partial charge in [0.05, 0.1) is 23.9 Å². The van der Waals surface area contributed by atoms with Crippen molar-refractivity contribution in [1.29, 1.82) is 0 Å². The second-order valence-electron chi connectivity index (χ2n) is 5.86. The third-order valence-electron chi connectivity index (χ3n) is 3.92. The average Bonchev–Trinajstić information content (AvgIpc) is 2.73. The number of carbonyl (C=O) groups excluding carboxylic acids is 1. The van der Waals surface area contributed by atoms with Gasteiger partial charge in [0.1, 0.15) is 6.61 Å². The van der Waals surface area contributed by atoms with E-state index in [4.69, 9.17) is 21.1 Å². The first-order valence-electron chi connectivity index (χ1n) is 8.60. The zero-order valence-electron chi connectivity index (χ0n) is 15.3. The summed E-state index contributed by atoms with van der Waals surface area (Å²) < 4.78 is 11.2. The Morgan fingerprint density at radius 3 is 2.54 bits per heavy atom. The molecule has 28 heavy (non-hydrogen) atoms. The Morgan fingerprint density at radius 1 is 1.04 bits per heavy atom. The molecule has 0 spiro atoms. The topological polar surface area (TPSA) is 59.9 Å². The Balaban J connectivity index is 1.63. The molecule has 0 saturated heterocycles. The van der Waals surface area contributed by atoms with Crippen molar-refractivity contribution in [2.24, 2.45) is 5.10 Å². The number of nitrogens with zero attached hydrogens (tertiary/aromatic N) is 1. The van der Waals surface area contributed by atoms with E-state index >= 15 is 0 Å². The Bertz CT molecular complexity index is 975. The Hall–Kier alpha value is -3.31. The number of hydrogen-bond acceptors (Lipinski definition) is 4. The van der Waals surface area contributed by atoms with E-state index in [0.717, 1.165) is 11.1 Å². The fraction of sp³-hybridized carbons (Fsp3) is 0.0909. The van der Waals surface area contributed by atoms with E-state index in [1.54, 1.807) is 43.5 Å². The number of nitrogens with one attached hydrogen (secondary N) is 1. The molecule has 142 valence electrons. The number of hydrazone groups is 1. The summed E-state index contributed by atoms with van der Waals surface area (Å²) in [5, 5.41) is 4.35. The van der Waals surface area contributed by atoms with Crippen LogP contribution in [0.3, 0.4) is 0 Å². The van der Waals surface area contributed by atoms with Crippen molar-refractivity contribution >= 4 is 23.7 Å². The lowest BCUT2D eigenvalue weighted by atomic mass is 10.2. The third-order valence-corrected chi connectivity index (χ3v) is 4.25. The second-order valence-corrected chi connectivity index (χ2v) is 6.27. The summed E-state index contributed by atoms with van der Waals surface area (Å²) in [7, 11) is 1.57. The van der Waals surface area contributed by atoms with Crippen LogP contribution in [0.5, 0.6) is 11.5 Å². The fourth-order valence-electron chi connectivity index (χ4n) is 2.49. The van der Waals surface area contributed by atoms with Crippen molar-refractivity contribution in [3.63, 3.8) is 0 Å². The van der Waals surface area contributed by atoms with Crippen molar-refractivity contribution in [2.75, 3.05) is 7.11 Å². The molecular weight excluding hydrogens is 376 g/mol. The lowest BCUT2D eigenvalue weighted by Gasteiger charge is -2.11. The van der Waals surface area contributed by atoms with Crippen LogP contribution in [0.25, 0.3) is 0 Å². The van der Waals surface area contributed by atoms with Gasteiger partial charge in [-0.2, -0.15) is 5.10 Å². The maximum absolute atomic E-state index is 12.1. The maximum Gasteiger partial charge on any atom is 0.272 e. The molecule has 3 aromatic carbocycles. The number of amides is 1. The predicted molar refractivity (Wildman–Crippen MR) is 110 cm³/mol. The highest BCUT2D eigenvalue weighted by Gasteiger charge is 2.08. The molecule has 0 heterocycles. The lowest BCUT2D eigenvalue weighted by Crippen LogP contribution is -2.17. The highest BCUT2D eigenvalue weighted by Crippen LogP contribution is 2.28. The van der Waals surface area contributed by atoms with E-state index in [0.29, 0.717) is 28.7 Å². The minimum atomic E-state index is -0.378. The molecular formula is C22H19ClN2O3. The molecule has 0 aliphatic heterocycles. The van der Waals surface area contributed by atoms with Gasteiger partial charge in [0.15, 0.2) is 11.5 Å². The summed E-state index contributed by atoms with van der Waals surface area (Å²) in [6.45, 7) is 0.443. The molecule has 0 unspecified atom stereocenters. The number of ether oxygens (including phenoxy) is 2. The minimum Gasteiger partial charge on any atom is -0.493 e. The third kappa shape index (κ3) is 5.11. The Morgan fingerprint density at radius 2 is 1.79 bits per heavy atom. The van der Waals surface area contributed by atoms with Gasteiger partial charge in [-0.15, -0.1) is 0 Å². The number of carbonyl (C=O) groups is 1. The fourth-order valence-corrected chi connectivity index (χ4v) is 2.71. The van der Waals surface area contributed by atoms with Crippen molar-refractivity contribution in [2.45, 2.75) is 6.61 Å². The monoisotopic (exact) mass is 394 g/mol. The number of rotatable bonds is 7. The summed E-state index contributed by atoms with van der Waals surface area (Å²) >= 11 is 6.00. The Kier molecular flexibility index (Phi) is 6.65. The maximum atomic E-state index is 12.1. The summed E-state index contributed by atoms with van der Waals surface area (Å²) in [5.74, 6) is 0.831. The van der Waals surface area contributed by atoms with Crippen LogP contribution in [0.2, 0.25) is 5.02 Å². The molecule has 1 amide bonds. The van der Waals surface area contributed by atoms with Crippen LogP contribution >= 0.6 is 11.6 Å². The number of halogens is 1. The lowest BCUT2D eigenvalue weighted by molar-refractivity contribution is 0.0955. The molecule has 0 fully saturated rings. The molecule has 5 nitrogen and oxygen atoms in total. The van der Waals surface area contributed by atoms with Crippen LogP contribution in [-0.2, 0) is 6.61 Å². The first kappa shape index (κ1) is 19.5. The van der Waals surface area contributed by atoms with Crippen LogP contribution in [0.1, 0.15) is 21.5 Å². The van der Waals surface area contributed by atoms with Crippen molar-refractivity contribution in [3.05, 3.63) is 94.5 Å². The van der Waals surface area contributed by atoms with E-state index < -0.39 is 0 Å². The summed E-state index contributed by atoms with van der Waals surface area (Å²) in [6, 6.07) is 22.1. The van der Waals surface area contributed by atoms with Crippen molar-refractivity contribution in [1.82, 2.24) is 5.43 Å². The minimum absolute atomic E-state index is 0.364. The molecule has 0 bridgehead atoms. The van der Waals surface area contributed by atoms with Crippen LogP contribution in [0, 0.1) is 0 Å². The van der Waals surface area contributed by atoms with Gasteiger partial charge in [0, 0.05) is 0 Å². The van der Waals surface area contributed by atoms with Gasteiger partial charge >= 0.3 is 0 Å². The summed E-state index contributed by atoms with van der Waals surface area (Å²) in [6.07, 6.45) is 1.53.